The van der Waals surface area contributed by atoms with Gasteiger partial charge in [-0.15, -0.1) is 0 Å². The van der Waals surface area contributed by atoms with Crippen molar-refractivity contribution < 1.29 is 8.86 Å². The number of likely N-dealkylation sites (tertiary alicyclic amines) is 1. The number of para-hydroxylation sites is 2. The molecule has 0 atom stereocenters. The van der Waals surface area contributed by atoms with E-state index in [1.807, 2.05) is 48.5 Å². The number of fused-ring (bicyclic) bond motifs is 2. The number of quaternary nitrogens is 1. The monoisotopic (exact) mass is 328 g/mol. The summed E-state index contributed by atoms with van der Waals surface area (Å²) in [5.74, 6) is 0. The van der Waals surface area contributed by atoms with Gasteiger partial charge in [-0.2, -0.15) is 0 Å². The fourth-order valence-corrected chi connectivity index (χ4v) is 4.96. The van der Waals surface area contributed by atoms with Crippen molar-refractivity contribution in [3.05, 3.63) is 53.7 Å². The maximum atomic E-state index is 12.8. The SMILES string of the molecule is O=S1c2ccccc2N(CC[N+]2([O-])CCCC2)c2ccccc21. The predicted molar refractivity (Wildman–Crippen MR) is 92.0 cm³/mol. The summed E-state index contributed by atoms with van der Waals surface area (Å²) in [6.45, 7) is 2.69. The van der Waals surface area contributed by atoms with E-state index in [0.717, 1.165) is 47.1 Å². The van der Waals surface area contributed by atoms with E-state index in [0.29, 0.717) is 13.1 Å². The fourth-order valence-electron chi connectivity index (χ4n) is 3.58. The third-order valence-corrected chi connectivity index (χ3v) is 6.31. The Morgan fingerprint density at radius 3 is 2.04 bits per heavy atom. The number of hydrogen-bond acceptors (Lipinski definition) is 3. The van der Waals surface area contributed by atoms with Gasteiger partial charge in [-0.05, 0) is 24.3 Å². The number of benzene rings is 2. The summed E-state index contributed by atoms with van der Waals surface area (Å²) in [6.07, 6.45) is 2.06. The standard InChI is InChI=1S/C18H20N2O2S/c21-20(12-5-6-13-20)14-11-19-15-7-1-3-9-17(15)23(22)18-10-4-2-8-16(18)19/h1-4,7-10H,5-6,11-14H2. The van der Waals surface area contributed by atoms with Crippen LogP contribution in [0, 0.1) is 5.21 Å². The van der Waals surface area contributed by atoms with Crippen molar-refractivity contribution in [3.63, 3.8) is 0 Å². The lowest BCUT2D eigenvalue weighted by Crippen LogP contribution is -2.44. The first kappa shape index (κ1) is 14.9. The Morgan fingerprint density at radius 2 is 1.48 bits per heavy atom. The third-order valence-electron chi connectivity index (χ3n) is 4.82. The average Bonchev–Trinajstić information content (AvgIpc) is 3.02. The molecule has 0 aromatic heterocycles. The van der Waals surface area contributed by atoms with E-state index < -0.39 is 10.8 Å². The molecule has 2 aliphatic rings. The number of rotatable bonds is 3. The third kappa shape index (κ3) is 2.59. The van der Waals surface area contributed by atoms with Crippen LogP contribution in [-0.4, -0.2) is 35.0 Å². The predicted octanol–water partition coefficient (Wildman–Crippen LogP) is 3.41. The minimum absolute atomic E-state index is 0.0933. The van der Waals surface area contributed by atoms with Gasteiger partial charge in [0, 0.05) is 12.8 Å². The van der Waals surface area contributed by atoms with Crippen LogP contribution in [0.3, 0.4) is 0 Å². The molecule has 0 aliphatic carbocycles. The van der Waals surface area contributed by atoms with Crippen LogP contribution in [0.4, 0.5) is 11.4 Å². The van der Waals surface area contributed by atoms with Gasteiger partial charge >= 0.3 is 0 Å². The Bertz CT molecular complexity index is 707. The minimum atomic E-state index is -1.15. The molecule has 2 aromatic carbocycles. The summed E-state index contributed by atoms with van der Waals surface area (Å²) >= 11 is 0. The molecule has 2 aliphatic heterocycles. The fraction of sp³-hybridized carbons (Fsp3) is 0.333. The average molecular weight is 328 g/mol. The zero-order valence-electron chi connectivity index (χ0n) is 13.0. The lowest BCUT2D eigenvalue weighted by molar-refractivity contribution is -0.866. The minimum Gasteiger partial charge on any atom is -0.633 e. The Kier molecular flexibility index (Phi) is 3.71. The first-order valence-corrected chi connectivity index (χ1v) is 9.27. The van der Waals surface area contributed by atoms with Crippen molar-refractivity contribution in [3.8, 4) is 0 Å². The van der Waals surface area contributed by atoms with Crippen molar-refractivity contribution in [1.29, 1.82) is 0 Å². The lowest BCUT2D eigenvalue weighted by Gasteiger charge is -2.41. The Balaban J connectivity index is 1.71. The molecule has 4 rings (SSSR count). The largest absolute Gasteiger partial charge is 0.633 e. The normalized spacial score (nSPS) is 19.4. The van der Waals surface area contributed by atoms with Gasteiger partial charge in [-0.3, -0.25) is 0 Å². The van der Waals surface area contributed by atoms with E-state index in [-0.39, 0.29) is 4.65 Å². The molecule has 5 heteroatoms. The van der Waals surface area contributed by atoms with Gasteiger partial charge in [0.1, 0.15) is 0 Å². The zero-order valence-corrected chi connectivity index (χ0v) is 13.8. The molecule has 0 bridgehead atoms. The van der Waals surface area contributed by atoms with Crippen molar-refractivity contribution in [2.24, 2.45) is 0 Å². The second-order valence-electron chi connectivity index (χ2n) is 6.29. The second kappa shape index (κ2) is 5.74. The van der Waals surface area contributed by atoms with Crippen molar-refractivity contribution in [2.75, 3.05) is 31.1 Å². The molecule has 1 fully saturated rings. The smallest absolute Gasteiger partial charge is 0.0966 e. The number of nitrogens with zero attached hydrogens (tertiary/aromatic N) is 2. The molecule has 0 unspecified atom stereocenters. The summed E-state index contributed by atoms with van der Waals surface area (Å²) in [5.41, 5.74) is 1.94. The molecule has 0 radical (unpaired) electrons. The highest BCUT2D eigenvalue weighted by molar-refractivity contribution is 7.85. The van der Waals surface area contributed by atoms with Crippen LogP contribution in [0.1, 0.15) is 12.8 Å². The van der Waals surface area contributed by atoms with E-state index in [1.54, 1.807) is 0 Å². The molecular formula is C18H20N2O2S. The molecule has 0 spiro atoms. The highest BCUT2D eigenvalue weighted by Crippen LogP contribution is 2.41. The van der Waals surface area contributed by atoms with E-state index in [9.17, 15) is 9.42 Å². The Labute approximate surface area is 139 Å². The Hall–Kier alpha value is -1.69. The maximum Gasteiger partial charge on any atom is 0.0966 e. The second-order valence-corrected chi connectivity index (χ2v) is 7.71. The van der Waals surface area contributed by atoms with Crippen LogP contribution in [0.25, 0.3) is 0 Å². The van der Waals surface area contributed by atoms with Gasteiger partial charge < -0.3 is 14.8 Å². The highest BCUT2D eigenvalue weighted by atomic mass is 32.2. The van der Waals surface area contributed by atoms with Gasteiger partial charge in [0.05, 0.1) is 58.1 Å². The molecule has 120 valence electrons. The molecule has 23 heavy (non-hydrogen) atoms. The van der Waals surface area contributed by atoms with Crippen LogP contribution in [-0.2, 0) is 10.8 Å². The van der Waals surface area contributed by atoms with Gasteiger partial charge in [0.15, 0.2) is 0 Å². The van der Waals surface area contributed by atoms with Crippen molar-refractivity contribution in [1.82, 2.24) is 0 Å². The summed E-state index contributed by atoms with van der Waals surface area (Å²) in [4.78, 5) is 3.84. The molecule has 0 saturated carbocycles. The molecule has 0 amide bonds. The maximum absolute atomic E-state index is 12.8. The first-order valence-electron chi connectivity index (χ1n) is 8.12. The zero-order chi connectivity index (χ0) is 15.9. The lowest BCUT2D eigenvalue weighted by atomic mass is 10.2. The topological polar surface area (TPSA) is 43.4 Å². The molecule has 2 heterocycles. The number of anilines is 2. The van der Waals surface area contributed by atoms with Crippen molar-refractivity contribution >= 4 is 22.2 Å². The van der Waals surface area contributed by atoms with E-state index in [2.05, 4.69) is 4.90 Å². The van der Waals surface area contributed by atoms with Crippen LogP contribution in [0.15, 0.2) is 58.3 Å². The van der Waals surface area contributed by atoms with E-state index in [1.165, 1.54) is 0 Å². The van der Waals surface area contributed by atoms with Gasteiger partial charge in [0.25, 0.3) is 0 Å². The number of hydroxylamine groups is 3. The van der Waals surface area contributed by atoms with E-state index >= 15 is 0 Å². The summed E-state index contributed by atoms with van der Waals surface area (Å²) in [7, 11) is -1.15. The van der Waals surface area contributed by atoms with Crippen molar-refractivity contribution in [2.45, 2.75) is 22.6 Å². The van der Waals surface area contributed by atoms with Gasteiger partial charge in [-0.25, -0.2) is 4.21 Å². The molecular weight excluding hydrogens is 308 g/mol. The molecule has 2 aromatic rings. The summed E-state index contributed by atoms with van der Waals surface area (Å²) in [5, 5.41) is 12.7. The summed E-state index contributed by atoms with van der Waals surface area (Å²) < 4.78 is 12.7. The molecule has 0 N–H and O–H groups in total. The molecule has 4 nitrogen and oxygen atoms in total. The van der Waals surface area contributed by atoms with Crippen LogP contribution >= 0.6 is 0 Å². The quantitative estimate of drug-likeness (QED) is 0.640. The first-order chi connectivity index (χ1) is 11.2. The Morgan fingerprint density at radius 1 is 0.957 bits per heavy atom. The number of hydrogen-bond donors (Lipinski definition) is 0. The van der Waals surface area contributed by atoms with Crippen LogP contribution in [0.5, 0.6) is 0 Å². The van der Waals surface area contributed by atoms with Gasteiger partial charge in [-0.1, -0.05) is 24.3 Å². The summed E-state index contributed by atoms with van der Waals surface area (Å²) in [6, 6.07) is 15.6. The van der Waals surface area contributed by atoms with Gasteiger partial charge in [0.2, 0.25) is 0 Å². The van der Waals surface area contributed by atoms with Crippen LogP contribution < -0.4 is 4.90 Å². The van der Waals surface area contributed by atoms with Crippen LogP contribution in [0.2, 0.25) is 0 Å². The highest BCUT2D eigenvalue weighted by Gasteiger charge is 2.30. The molecule has 1 saturated heterocycles. The van der Waals surface area contributed by atoms with E-state index in [4.69, 9.17) is 0 Å².